The highest BCUT2D eigenvalue weighted by molar-refractivity contribution is 6.32. The van der Waals surface area contributed by atoms with Gasteiger partial charge in [0.1, 0.15) is 5.82 Å². The average molecular weight is 332 g/mol. The monoisotopic (exact) mass is 331 g/mol. The number of hydrogen-bond acceptors (Lipinski definition) is 3. The van der Waals surface area contributed by atoms with Gasteiger partial charge in [0.15, 0.2) is 11.5 Å². The van der Waals surface area contributed by atoms with E-state index in [1.54, 1.807) is 30.3 Å². The summed E-state index contributed by atoms with van der Waals surface area (Å²) in [6.45, 7) is 2.34. The minimum atomic E-state index is -0.404. The molecule has 0 N–H and O–H groups in total. The molecule has 0 unspecified atom stereocenters. The number of ether oxygens (including phenoxy) is 2. The van der Waals surface area contributed by atoms with E-state index in [4.69, 9.17) is 21.1 Å². The maximum absolute atomic E-state index is 13.3. The molecular weight excluding hydrogens is 317 g/mol. The molecule has 5 heteroatoms. The standard InChI is InChI=1S/C18H15ClFNO2/c1-3-23-18-10-16(19)13(9-17(18)22-2)7-14(11-21)12-5-4-6-15(20)8-12/h4-10H,3H2,1-2H3/b14-7-. The molecule has 0 saturated heterocycles. The summed E-state index contributed by atoms with van der Waals surface area (Å²) in [6, 6.07) is 11.2. The van der Waals surface area contributed by atoms with Crippen LogP contribution in [0.3, 0.4) is 0 Å². The van der Waals surface area contributed by atoms with Crippen molar-refractivity contribution in [2.75, 3.05) is 13.7 Å². The van der Waals surface area contributed by atoms with E-state index in [0.29, 0.717) is 39.8 Å². The predicted molar refractivity (Wildman–Crippen MR) is 89.1 cm³/mol. The van der Waals surface area contributed by atoms with Crippen LogP contribution in [0.15, 0.2) is 36.4 Å². The van der Waals surface area contributed by atoms with Gasteiger partial charge in [-0.15, -0.1) is 0 Å². The Labute approximate surface area is 139 Å². The molecule has 2 aromatic rings. The second kappa shape index (κ2) is 7.66. The average Bonchev–Trinajstić information content (AvgIpc) is 2.54. The first-order valence-corrected chi connectivity index (χ1v) is 7.35. The Hall–Kier alpha value is -2.51. The van der Waals surface area contributed by atoms with Gasteiger partial charge in [-0.2, -0.15) is 5.26 Å². The highest BCUT2D eigenvalue weighted by atomic mass is 35.5. The zero-order chi connectivity index (χ0) is 16.8. The lowest BCUT2D eigenvalue weighted by molar-refractivity contribution is 0.311. The summed E-state index contributed by atoms with van der Waals surface area (Å²) in [4.78, 5) is 0. The second-order valence-corrected chi connectivity index (χ2v) is 5.04. The Morgan fingerprint density at radius 1 is 1.30 bits per heavy atom. The topological polar surface area (TPSA) is 42.2 Å². The van der Waals surface area contributed by atoms with Gasteiger partial charge in [-0.1, -0.05) is 23.7 Å². The van der Waals surface area contributed by atoms with E-state index in [2.05, 4.69) is 6.07 Å². The molecule has 3 nitrogen and oxygen atoms in total. The van der Waals surface area contributed by atoms with Crippen LogP contribution < -0.4 is 9.47 Å². The van der Waals surface area contributed by atoms with Crippen LogP contribution in [0, 0.1) is 17.1 Å². The summed E-state index contributed by atoms with van der Waals surface area (Å²) in [6.07, 6.45) is 1.59. The van der Waals surface area contributed by atoms with Crippen LogP contribution in [-0.2, 0) is 0 Å². The van der Waals surface area contributed by atoms with E-state index in [1.165, 1.54) is 19.2 Å². The van der Waals surface area contributed by atoms with Crippen LogP contribution in [0.5, 0.6) is 11.5 Å². The number of halogens is 2. The van der Waals surface area contributed by atoms with Crippen LogP contribution in [0.4, 0.5) is 4.39 Å². The minimum absolute atomic E-state index is 0.303. The number of rotatable bonds is 5. The van der Waals surface area contributed by atoms with E-state index in [9.17, 15) is 9.65 Å². The first-order valence-electron chi connectivity index (χ1n) is 6.97. The van der Waals surface area contributed by atoms with Crippen molar-refractivity contribution in [1.29, 1.82) is 5.26 Å². The molecule has 0 spiro atoms. The van der Waals surface area contributed by atoms with Crippen LogP contribution in [-0.4, -0.2) is 13.7 Å². The number of methoxy groups -OCH3 is 1. The molecule has 0 bridgehead atoms. The molecule has 0 saturated carbocycles. The third-order valence-corrected chi connectivity index (χ3v) is 3.47. The molecule has 0 radical (unpaired) electrons. The van der Waals surface area contributed by atoms with Gasteiger partial charge in [0, 0.05) is 6.07 Å². The van der Waals surface area contributed by atoms with Crippen molar-refractivity contribution in [1.82, 2.24) is 0 Å². The molecule has 2 rings (SSSR count). The first-order chi connectivity index (χ1) is 11.1. The lowest BCUT2D eigenvalue weighted by Crippen LogP contribution is -1.96. The third kappa shape index (κ3) is 4.02. The van der Waals surface area contributed by atoms with Gasteiger partial charge < -0.3 is 9.47 Å². The second-order valence-electron chi connectivity index (χ2n) is 4.64. The largest absolute Gasteiger partial charge is 0.493 e. The Balaban J connectivity index is 2.50. The van der Waals surface area contributed by atoms with Crippen molar-refractivity contribution in [3.05, 3.63) is 58.4 Å². The van der Waals surface area contributed by atoms with Gasteiger partial charge in [0.05, 0.1) is 30.4 Å². The molecule has 0 amide bonds. The smallest absolute Gasteiger partial charge is 0.162 e. The molecule has 2 aromatic carbocycles. The summed E-state index contributed by atoms with van der Waals surface area (Å²) < 4.78 is 24.1. The summed E-state index contributed by atoms with van der Waals surface area (Å²) in [5, 5.41) is 9.76. The maximum Gasteiger partial charge on any atom is 0.162 e. The van der Waals surface area contributed by atoms with E-state index in [0.717, 1.165) is 0 Å². The number of nitriles is 1. The van der Waals surface area contributed by atoms with Gasteiger partial charge in [0.2, 0.25) is 0 Å². The van der Waals surface area contributed by atoms with Gasteiger partial charge in [-0.05, 0) is 42.3 Å². The van der Waals surface area contributed by atoms with E-state index in [1.807, 2.05) is 6.92 Å². The Kier molecular flexibility index (Phi) is 5.61. The normalized spacial score (nSPS) is 11.0. The summed E-state index contributed by atoms with van der Waals surface area (Å²) in [5.74, 6) is 0.638. The van der Waals surface area contributed by atoms with Crippen molar-refractivity contribution in [2.45, 2.75) is 6.92 Å². The van der Waals surface area contributed by atoms with Crippen molar-refractivity contribution >= 4 is 23.3 Å². The SMILES string of the molecule is CCOc1cc(Cl)c(/C=C(/C#N)c2cccc(F)c2)cc1OC. The molecule has 0 aliphatic carbocycles. The fourth-order valence-corrected chi connectivity index (χ4v) is 2.29. The predicted octanol–water partition coefficient (Wildman–Crippen LogP) is 4.95. The van der Waals surface area contributed by atoms with E-state index in [-0.39, 0.29) is 0 Å². The summed E-state index contributed by atoms with van der Waals surface area (Å²) >= 11 is 6.25. The lowest BCUT2D eigenvalue weighted by atomic mass is 10.0. The van der Waals surface area contributed by atoms with E-state index >= 15 is 0 Å². The zero-order valence-corrected chi connectivity index (χ0v) is 13.5. The van der Waals surface area contributed by atoms with Crippen LogP contribution >= 0.6 is 11.6 Å². The number of hydrogen-bond donors (Lipinski definition) is 0. The molecule has 0 aliphatic rings. The molecule has 0 aliphatic heterocycles. The van der Waals surface area contributed by atoms with Gasteiger partial charge in [-0.3, -0.25) is 0 Å². The molecule has 0 atom stereocenters. The third-order valence-electron chi connectivity index (χ3n) is 3.14. The number of nitrogens with zero attached hydrogens (tertiary/aromatic N) is 1. The minimum Gasteiger partial charge on any atom is -0.493 e. The Morgan fingerprint density at radius 2 is 2.09 bits per heavy atom. The Bertz CT molecular complexity index is 781. The molecule has 118 valence electrons. The van der Waals surface area contributed by atoms with Crippen LogP contribution in [0.1, 0.15) is 18.1 Å². The van der Waals surface area contributed by atoms with Crippen molar-refractivity contribution in [3.63, 3.8) is 0 Å². The highest BCUT2D eigenvalue weighted by Gasteiger charge is 2.11. The van der Waals surface area contributed by atoms with Gasteiger partial charge in [0.25, 0.3) is 0 Å². The summed E-state index contributed by atoms with van der Waals surface area (Å²) in [5.41, 5.74) is 1.38. The maximum atomic E-state index is 13.3. The van der Waals surface area contributed by atoms with Crippen molar-refractivity contribution in [3.8, 4) is 17.6 Å². The fraction of sp³-hybridized carbons (Fsp3) is 0.167. The number of benzene rings is 2. The van der Waals surface area contributed by atoms with Crippen molar-refractivity contribution < 1.29 is 13.9 Å². The molecule has 0 aromatic heterocycles. The molecule has 23 heavy (non-hydrogen) atoms. The van der Waals surface area contributed by atoms with Gasteiger partial charge in [-0.25, -0.2) is 4.39 Å². The lowest BCUT2D eigenvalue weighted by Gasteiger charge is -2.11. The molecule has 0 fully saturated rings. The molecular formula is C18H15ClFNO2. The fourth-order valence-electron chi connectivity index (χ4n) is 2.08. The van der Waals surface area contributed by atoms with Crippen LogP contribution in [0.2, 0.25) is 5.02 Å². The molecule has 0 heterocycles. The van der Waals surface area contributed by atoms with Crippen molar-refractivity contribution in [2.24, 2.45) is 0 Å². The quantitative estimate of drug-likeness (QED) is 0.575. The van der Waals surface area contributed by atoms with Crippen LogP contribution in [0.25, 0.3) is 11.6 Å². The van der Waals surface area contributed by atoms with Gasteiger partial charge >= 0.3 is 0 Å². The first kappa shape index (κ1) is 16.9. The van der Waals surface area contributed by atoms with E-state index < -0.39 is 5.82 Å². The zero-order valence-electron chi connectivity index (χ0n) is 12.8. The highest BCUT2D eigenvalue weighted by Crippen LogP contribution is 2.35. The Morgan fingerprint density at radius 3 is 2.70 bits per heavy atom. The number of allylic oxidation sites excluding steroid dienone is 1. The summed E-state index contributed by atoms with van der Waals surface area (Å²) in [7, 11) is 1.52.